The molecule has 1 heterocycles. The lowest BCUT2D eigenvalue weighted by atomic mass is 10.1. The van der Waals surface area contributed by atoms with Gasteiger partial charge in [0.05, 0.1) is 19.2 Å². The second kappa shape index (κ2) is 8.05. The summed E-state index contributed by atoms with van der Waals surface area (Å²) in [5.41, 5.74) is 5.91. The Morgan fingerprint density at radius 2 is 1.70 bits per heavy atom. The van der Waals surface area contributed by atoms with Crippen LogP contribution in [-0.4, -0.2) is 32.4 Å². The first kappa shape index (κ1) is 18.7. The van der Waals surface area contributed by atoms with Gasteiger partial charge in [-0.2, -0.15) is 0 Å². The third-order valence-electron chi connectivity index (χ3n) is 3.76. The zero-order valence-electron chi connectivity index (χ0n) is 14.8. The van der Waals surface area contributed by atoms with Crippen LogP contribution in [0.5, 0.6) is 23.0 Å². The van der Waals surface area contributed by atoms with Crippen molar-refractivity contribution >= 4 is 16.6 Å². The average molecular weight is 376 g/mol. The average Bonchev–Trinajstić information content (AvgIpc) is 2.64. The van der Waals surface area contributed by atoms with Crippen molar-refractivity contribution in [1.82, 2.24) is 4.98 Å². The third kappa shape index (κ3) is 4.01. The van der Waals surface area contributed by atoms with Crippen molar-refractivity contribution in [2.75, 3.05) is 33.2 Å². The van der Waals surface area contributed by atoms with E-state index in [0.717, 1.165) is 12.1 Å². The van der Waals surface area contributed by atoms with Gasteiger partial charge < -0.3 is 24.7 Å². The van der Waals surface area contributed by atoms with E-state index in [0.29, 0.717) is 35.6 Å². The van der Waals surface area contributed by atoms with E-state index in [1.54, 1.807) is 19.2 Å². The zero-order chi connectivity index (χ0) is 19.4. The summed E-state index contributed by atoms with van der Waals surface area (Å²) in [5, 5.41) is 0.504. The molecule has 0 radical (unpaired) electrons. The minimum Gasteiger partial charge on any atom is -0.493 e. The van der Waals surface area contributed by atoms with Gasteiger partial charge in [0.1, 0.15) is 12.4 Å². The molecule has 0 amide bonds. The molecule has 0 bridgehead atoms. The van der Waals surface area contributed by atoms with Gasteiger partial charge in [-0.3, -0.25) is 4.98 Å². The van der Waals surface area contributed by atoms with Gasteiger partial charge in [-0.15, -0.1) is 0 Å². The predicted molar refractivity (Wildman–Crippen MR) is 96.5 cm³/mol. The Balaban J connectivity index is 2.02. The highest BCUT2D eigenvalue weighted by Crippen LogP contribution is 2.38. The Morgan fingerprint density at radius 3 is 2.37 bits per heavy atom. The summed E-state index contributed by atoms with van der Waals surface area (Å²) in [4.78, 5) is 4.25. The normalized spacial score (nSPS) is 10.8. The summed E-state index contributed by atoms with van der Waals surface area (Å²) >= 11 is 0. The summed E-state index contributed by atoms with van der Waals surface area (Å²) in [7, 11) is 3.06. The van der Waals surface area contributed by atoms with Gasteiger partial charge in [0.25, 0.3) is 0 Å². The molecular weight excluding hydrogens is 358 g/mol. The molecule has 0 saturated carbocycles. The monoisotopic (exact) mass is 376 g/mol. The van der Waals surface area contributed by atoms with Crippen molar-refractivity contribution in [2.45, 2.75) is 0 Å². The fourth-order valence-electron chi connectivity index (χ4n) is 2.51. The smallest absolute Gasteiger partial charge is 0.198 e. The molecule has 0 fully saturated rings. The molecular formula is C19H18F2N2O4. The van der Waals surface area contributed by atoms with Crippen LogP contribution in [0.2, 0.25) is 0 Å². The van der Waals surface area contributed by atoms with E-state index in [9.17, 15) is 8.78 Å². The van der Waals surface area contributed by atoms with E-state index in [-0.39, 0.29) is 11.4 Å². The first-order chi connectivity index (χ1) is 13.0. The number of anilines is 1. The maximum Gasteiger partial charge on any atom is 0.198 e. The number of nitrogens with zero attached hydrogens (tertiary/aromatic N) is 1. The number of aromatic nitrogens is 1. The van der Waals surface area contributed by atoms with Crippen LogP contribution >= 0.6 is 0 Å². The number of pyridine rings is 1. The number of nitrogen functional groups attached to an aromatic ring is 1. The van der Waals surface area contributed by atoms with Crippen molar-refractivity contribution in [3.05, 3.63) is 48.2 Å². The van der Waals surface area contributed by atoms with Crippen LogP contribution in [0.4, 0.5) is 14.5 Å². The number of fused-ring (bicyclic) bond motifs is 1. The Kier molecular flexibility index (Phi) is 5.56. The molecule has 0 unspecified atom stereocenters. The molecule has 3 aromatic rings. The molecule has 2 N–H and O–H groups in total. The van der Waals surface area contributed by atoms with Crippen molar-refractivity contribution in [3.63, 3.8) is 0 Å². The summed E-state index contributed by atoms with van der Waals surface area (Å²) in [5.74, 6) is -1.24. The lowest BCUT2D eigenvalue weighted by Gasteiger charge is -2.14. The third-order valence-corrected chi connectivity index (χ3v) is 3.76. The minimum absolute atomic E-state index is 0.0311. The number of ether oxygens (including phenoxy) is 4. The molecule has 27 heavy (non-hydrogen) atoms. The Bertz CT molecular complexity index is 943. The van der Waals surface area contributed by atoms with E-state index in [1.165, 1.54) is 19.4 Å². The largest absolute Gasteiger partial charge is 0.493 e. The first-order valence-corrected chi connectivity index (χ1v) is 8.04. The van der Waals surface area contributed by atoms with Crippen LogP contribution in [0.3, 0.4) is 0 Å². The highest BCUT2D eigenvalue weighted by molar-refractivity contribution is 5.88. The highest BCUT2D eigenvalue weighted by Gasteiger charge is 2.16. The summed E-state index contributed by atoms with van der Waals surface area (Å²) in [6, 6.07) is 6.77. The zero-order valence-corrected chi connectivity index (χ0v) is 14.8. The molecule has 0 atom stereocenters. The van der Waals surface area contributed by atoms with E-state index in [1.807, 2.05) is 0 Å². The second-order valence-corrected chi connectivity index (χ2v) is 5.59. The Hall–Kier alpha value is -3.13. The maximum absolute atomic E-state index is 14.1. The van der Waals surface area contributed by atoms with Gasteiger partial charge in [-0.05, 0) is 12.1 Å². The number of hydrogen-bond acceptors (Lipinski definition) is 6. The lowest BCUT2D eigenvalue weighted by Crippen LogP contribution is -2.05. The van der Waals surface area contributed by atoms with Gasteiger partial charge in [-0.1, -0.05) is 0 Å². The molecule has 0 spiro atoms. The molecule has 0 saturated heterocycles. The number of benzene rings is 2. The van der Waals surface area contributed by atoms with Crippen LogP contribution in [0.1, 0.15) is 0 Å². The van der Waals surface area contributed by atoms with Crippen molar-refractivity contribution < 1.29 is 27.7 Å². The van der Waals surface area contributed by atoms with Gasteiger partial charge in [0.2, 0.25) is 0 Å². The highest BCUT2D eigenvalue weighted by atomic mass is 19.1. The maximum atomic E-state index is 14.1. The summed E-state index contributed by atoms with van der Waals surface area (Å²) < 4.78 is 49.5. The van der Waals surface area contributed by atoms with Gasteiger partial charge in [0, 0.05) is 42.6 Å². The quantitative estimate of drug-likeness (QED) is 0.498. The SMILES string of the molecule is COCCOc1cc2nccc(Oc3c(F)cc(N)cc3F)c2cc1OC. The van der Waals surface area contributed by atoms with Crippen LogP contribution in [0, 0.1) is 11.6 Å². The Morgan fingerprint density at radius 1 is 0.963 bits per heavy atom. The topological polar surface area (TPSA) is 75.8 Å². The molecule has 2 aromatic carbocycles. The molecule has 0 aliphatic heterocycles. The minimum atomic E-state index is -0.899. The van der Waals surface area contributed by atoms with Crippen LogP contribution in [0.25, 0.3) is 10.9 Å². The lowest BCUT2D eigenvalue weighted by molar-refractivity contribution is 0.144. The van der Waals surface area contributed by atoms with E-state index in [2.05, 4.69) is 4.98 Å². The molecule has 0 aliphatic carbocycles. The molecule has 6 nitrogen and oxygen atoms in total. The second-order valence-electron chi connectivity index (χ2n) is 5.59. The number of hydrogen-bond donors (Lipinski definition) is 1. The first-order valence-electron chi connectivity index (χ1n) is 8.04. The molecule has 1 aromatic heterocycles. The number of methoxy groups -OCH3 is 2. The summed E-state index contributed by atoms with van der Waals surface area (Å²) in [6.45, 7) is 0.740. The summed E-state index contributed by atoms with van der Waals surface area (Å²) in [6.07, 6.45) is 1.47. The molecule has 142 valence electrons. The van der Waals surface area contributed by atoms with Crippen LogP contribution < -0.4 is 19.9 Å². The van der Waals surface area contributed by atoms with E-state index in [4.69, 9.17) is 24.7 Å². The van der Waals surface area contributed by atoms with E-state index >= 15 is 0 Å². The van der Waals surface area contributed by atoms with E-state index < -0.39 is 17.4 Å². The van der Waals surface area contributed by atoms with Crippen molar-refractivity contribution in [1.29, 1.82) is 0 Å². The van der Waals surface area contributed by atoms with Crippen molar-refractivity contribution in [3.8, 4) is 23.0 Å². The van der Waals surface area contributed by atoms with Crippen molar-refractivity contribution in [2.24, 2.45) is 0 Å². The fourth-order valence-corrected chi connectivity index (χ4v) is 2.51. The fraction of sp³-hybridized carbons (Fsp3) is 0.211. The van der Waals surface area contributed by atoms with Crippen LogP contribution in [0.15, 0.2) is 36.5 Å². The molecule has 8 heteroatoms. The molecule has 3 rings (SSSR count). The molecule has 0 aliphatic rings. The number of rotatable bonds is 7. The predicted octanol–water partition coefficient (Wildman–Crippen LogP) is 3.92. The van der Waals surface area contributed by atoms with Crippen LogP contribution in [-0.2, 0) is 4.74 Å². The Labute approximate surface area is 154 Å². The number of halogens is 2. The number of nitrogens with two attached hydrogens (primary N) is 1. The van der Waals surface area contributed by atoms with Gasteiger partial charge >= 0.3 is 0 Å². The standard InChI is InChI=1S/C19H18F2N2O4/c1-24-5-6-26-18-10-15-12(9-17(18)25-2)16(3-4-23-15)27-19-13(20)7-11(22)8-14(19)21/h3-4,7-10H,5-6,22H2,1-2H3. The van der Waals surface area contributed by atoms with Gasteiger partial charge in [0.15, 0.2) is 28.9 Å². The van der Waals surface area contributed by atoms with Gasteiger partial charge in [-0.25, -0.2) is 8.78 Å².